The third-order valence-corrected chi connectivity index (χ3v) is 4.09. The van der Waals surface area contributed by atoms with Gasteiger partial charge in [-0.05, 0) is 19.4 Å². The highest BCUT2D eigenvalue weighted by molar-refractivity contribution is 6.31. The van der Waals surface area contributed by atoms with Gasteiger partial charge in [0.15, 0.2) is 0 Å². The van der Waals surface area contributed by atoms with Crippen LogP contribution in [0.2, 0.25) is 5.02 Å². The zero-order valence-electron chi connectivity index (χ0n) is 11.3. The predicted octanol–water partition coefficient (Wildman–Crippen LogP) is 3.16. The summed E-state index contributed by atoms with van der Waals surface area (Å²) in [6, 6.07) is 7.85. The molecule has 0 bridgehead atoms. The normalized spacial score (nSPS) is 19.2. The van der Waals surface area contributed by atoms with Crippen LogP contribution in [-0.2, 0) is 6.54 Å². The van der Waals surface area contributed by atoms with Crippen molar-refractivity contribution in [3.8, 4) is 5.75 Å². The molecule has 0 fully saturated rings. The van der Waals surface area contributed by atoms with Crippen molar-refractivity contribution >= 4 is 11.6 Å². The Morgan fingerprint density at radius 2 is 2.30 bits per heavy atom. The van der Waals surface area contributed by atoms with E-state index in [2.05, 4.69) is 5.10 Å². The number of ether oxygens (including phenoxy) is 1. The summed E-state index contributed by atoms with van der Waals surface area (Å²) in [4.78, 5) is 0. The number of rotatable bonds is 3. The summed E-state index contributed by atoms with van der Waals surface area (Å²) in [5.74, 6) is 0.834. The summed E-state index contributed by atoms with van der Waals surface area (Å²) < 4.78 is 7.40. The first kappa shape index (κ1) is 13.5. The Labute approximate surface area is 122 Å². The van der Waals surface area contributed by atoms with Crippen LogP contribution < -0.4 is 4.74 Å². The van der Waals surface area contributed by atoms with Crippen LogP contribution in [0.25, 0.3) is 0 Å². The highest BCUT2D eigenvalue weighted by atomic mass is 35.5. The highest BCUT2D eigenvalue weighted by Crippen LogP contribution is 2.42. The number of hydrogen-bond donors (Lipinski definition) is 1. The number of aliphatic hydroxyl groups excluding tert-OH is 1. The fourth-order valence-electron chi connectivity index (χ4n) is 2.81. The van der Waals surface area contributed by atoms with Crippen molar-refractivity contribution in [2.24, 2.45) is 0 Å². The van der Waals surface area contributed by atoms with Crippen LogP contribution in [0.5, 0.6) is 5.75 Å². The van der Waals surface area contributed by atoms with E-state index in [1.807, 2.05) is 31.2 Å². The number of fused-ring (bicyclic) bond motifs is 1. The summed E-state index contributed by atoms with van der Waals surface area (Å²) in [7, 11) is 0. The zero-order valence-corrected chi connectivity index (χ0v) is 12.0. The molecule has 0 amide bonds. The van der Waals surface area contributed by atoms with Gasteiger partial charge in [-0.15, -0.1) is 0 Å². The maximum absolute atomic E-state index is 10.8. The van der Waals surface area contributed by atoms with E-state index in [0.29, 0.717) is 23.9 Å². The summed E-state index contributed by atoms with van der Waals surface area (Å²) >= 11 is 6.19. The fourth-order valence-corrected chi connectivity index (χ4v) is 3.06. The minimum absolute atomic E-state index is 0.0144. The average Bonchev–Trinajstić information content (AvgIpc) is 2.87. The standard InChI is InChI=1S/C15H17ClN2O2/c1-2-18-14(12(16)9-17-18)15(19)11-7-8-20-13-6-4-3-5-10(11)13/h3-6,9,11,15,19H,2,7-8H2,1H3. The molecular weight excluding hydrogens is 276 g/mol. The van der Waals surface area contributed by atoms with E-state index in [1.165, 1.54) is 0 Å². The third kappa shape index (κ3) is 2.19. The summed E-state index contributed by atoms with van der Waals surface area (Å²) in [5.41, 5.74) is 1.72. The molecule has 5 heteroatoms. The molecule has 1 N–H and O–H groups in total. The predicted molar refractivity (Wildman–Crippen MR) is 77.2 cm³/mol. The second-order valence-electron chi connectivity index (χ2n) is 4.92. The first-order valence-electron chi connectivity index (χ1n) is 6.83. The number of aliphatic hydroxyl groups is 1. The van der Waals surface area contributed by atoms with Gasteiger partial charge in [-0.3, -0.25) is 4.68 Å². The molecule has 2 unspecified atom stereocenters. The molecule has 1 aromatic heterocycles. The molecular formula is C15H17ClN2O2. The molecule has 1 aliphatic heterocycles. The number of hydrogen-bond acceptors (Lipinski definition) is 3. The van der Waals surface area contributed by atoms with E-state index in [4.69, 9.17) is 16.3 Å². The number of benzene rings is 1. The van der Waals surface area contributed by atoms with Gasteiger partial charge in [-0.1, -0.05) is 29.8 Å². The summed E-state index contributed by atoms with van der Waals surface area (Å²) in [5, 5.41) is 15.5. The van der Waals surface area contributed by atoms with Crippen LogP contribution in [0.15, 0.2) is 30.5 Å². The molecule has 0 radical (unpaired) electrons. The molecule has 2 atom stereocenters. The lowest BCUT2D eigenvalue weighted by atomic mass is 9.87. The van der Waals surface area contributed by atoms with Crippen LogP contribution in [0.4, 0.5) is 0 Å². The number of aryl methyl sites for hydroxylation is 1. The maximum Gasteiger partial charge on any atom is 0.122 e. The van der Waals surface area contributed by atoms with Crippen molar-refractivity contribution in [1.82, 2.24) is 9.78 Å². The Hall–Kier alpha value is -1.52. The van der Waals surface area contributed by atoms with Crippen LogP contribution >= 0.6 is 11.6 Å². The van der Waals surface area contributed by atoms with E-state index in [1.54, 1.807) is 10.9 Å². The smallest absolute Gasteiger partial charge is 0.122 e. The van der Waals surface area contributed by atoms with E-state index in [9.17, 15) is 5.11 Å². The molecule has 1 aliphatic rings. The first-order chi connectivity index (χ1) is 9.72. The maximum atomic E-state index is 10.8. The van der Waals surface area contributed by atoms with Gasteiger partial charge in [-0.25, -0.2) is 0 Å². The van der Waals surface area contributed by atoms with Crippen molar-refractivity contribution in [1.29, 1.82) is 0 Å². The third-order valence-electron chi connectivity index (χ3n) is 3.80. The van der Waals surface area contributed by atoms with E-state index < -0.39 is 6.10 Å². The van der Waals surface area contributed by atoms with E-state index in [-0.39, 0.29) is 5.92 Å². The van der Waals surface area contributed by atoms with Gasteiger partial charge in [-0.2, -0.15) is 5.10 Å². The molecule has 106 valence electrons. The van der Waals surface area contributed by atoms with Crippen molar-refractivity contribution in [2.45, 2.75) is 31.9 Å². The largest absolute Gasteiger partial charge is 0.493 e. The van der Waals surface area contributed by atoms with Crippen molar-refractivity contribution < 1.29 is 9.84 Å². The Kier molecular flexibility index (Phi) is 3.68. The van der Waals surface area contributed by atoms with E-state index >= 15 is 0 Å². The molecule has 2 heterocycles. The van der Waals surface area contributed by atoms with Crippen LogP contribution in [0.1, 0.15) is 36.6 Å². The lowest BCUT2D eigenvalue weighted by Crippen LogP contribution is -2.22. The minimum Gasteiger partial charge on any atom is -0.493 e. The van der Waals surface area contributed by atoms with Gasteiger partial charge >= 0.3 is 0 Å². The van der Waals surface area contributed by atoms with Crippen molar-refractivity contribution in [3.05, 3.63) is 46.7 Å². The van der Waals surface area contributed by atoms with Gasteiger partial charge in [0.2, 0.25) is 0 Å². The van der Waals surface area contributed by atoms with Gasteiger partial charge < -0.3 is 9.84 Å². The number of nitrogens with zero attached hydrogens (tertiary/aromatic N) is 2. The van der Waals surface area contributed by atoms with E-state index in [0.717, 1.165) is 17.7 Å². The minimum atomic E-state index is -0.671. The van der Waals surface area contributed by atoms with Gasteiger partial charge in [0.25, 0.3) is 0 Å². The second-order valence-corrected chi connectivity index (χ2v) is 5.33. The summed E-state index contributed by atoms with van der Waals surface area (Å²) in [6.45, 7) is 3.28. The summed E-state index contributed by atoms with van der Waals surface area (Å²) in [6.07, 6.45) is 1.69. The monoisotopic (exact) mass is 292 g/mol. The Balaban J connectivity index is 1.99. The quantitative estimate of drug-likeness (QED) is 0.945. The number of halogens is 1. The van der Waals surface area contributed by atoms with Gasteiger partial charge in [0.05, 0.1) is 23.5 Å². The van der Waals surface area contributed by atoms with Crippen LogP contribution in [-0.4, -0.2) is 21.5 Å². The second kappa shape index (κ2) is 5.46. The Morgan fingerprint density at radius 1 is 1.50 bits per heavy atom. The van der Waals surface area contributed by atoms with Crippen molar-refractivity contribution in [2.75, 3.05) is 6.61 Å². The van der Waals surface area contributed by atoms with Crippen LogP contribution in [0, 0.1) is 0 Å². The molecule has 0 spiro atoms. The Morgan fingerprint density at radius 3 is 3.10 bits per heavy atom. The molecule has 0 saturated heterocycles. The lowest BCUT2D eigenvalue weighted by molar-refractivity contribution is 0.109. The molecule has 2 aromatic rings. The topological polar surface area (TPSA) is 47.3 Å². The molecule has 3 rings (SSSR count). The highest BCUT2D eigenvalue weighted by Gasteiger charge is 2.31. The molecule has 4 nitrogen and oxygen atoms in total. The van der Waals surface area contributed by atoms with Gasteiger partial charge in [0.1, 0.15) is 11.9 Å². The molecule has 0 aliphatic carbocycles. The molecule has 1 aromatic carbocycles. The Bertz CT molecular complexity index is 612. The van der Waals surface area contributed by atoms with Gasteiger partial charge in [0, 0.05) is 18.0 Å². The average molecular weight is 293 g/mol. The zero-order chi connectivity index (χ0) is 14.1. The fraction of sp³-hybridized carbons (Fsp3) is 0.400. The lowest BCUT2D eigenvalue weighted by Gasteiger charge is -2.29. The number of aromatic nitrogens is 2. The first-order valence-corrected chi connectivity index (χ1v) is 7.21. The van der Waals surface area contributed by atoms with Crippen molar-refractivity contribution in [3.63, 3.8) is 0 Å². The number of para-hydroxylation sites is 1. The SMILES string of the molecule is CCn1ncc(Cl)c1C(O)C1CCOc2ccccc21. The molecule has 0 saturated carbocycles. The molecule has 20 heavy (non-hydrogen) atoms. The van der Waals surface area contributed by atoms with Crippen LogP contribution in [0.3, 0.4) is 0 Å².